The number of nitrogens with zero attached hydrogens (tertiary/aromatic N) is 4. The first kappa shape index (κ1) is 17.0. The number of hydrogen-bond acceptors (Lipinski definition) is 5. The van der Waals surface area contributed by atoms with Gasteiger partial charge in [-0.25, -0.2) is 4.98 Å². The maximum Gasteiger partial charge on any atom is 0.249 e. The lowest BCUT2D eigenvalue weighted by Crippen LogP contribution is -2.33. The topological polar surface area (TPSA) is 63.1 Å². The lowest BCUT2D eigenvalue weighted by Gasteiger charge is -2.15. The fourth-order valence-electron chi connectivity index (χ4n) is 3.15. The number of benzene rings is 1. The van der Waals surface area contributed by atoms with Gasteiger partial charge in [-0.15, -0.1) is 11.3 Å². The van der Waals surface area contributed by atoms with Gasteiger partial charge in [-0.1, -0.05) is 20.8 Å². The smallest absolute Gasteiger partial charge is 0.249 e. The maximum atomic E-state index is 12.7. The molecule has 0 spiro atoms. The van der Waals surface area contributed by atoms with E-state index >= 15 is 0 Å². The minimum Gasteiger partial charge on any atom is -0.374 e. The molecule has 6 nitrogen and oxygen atoms in total. The van der Waals surface area contributed by atoms with Gasteiger partial charge in [0, 0.05) is 30.9 Å². The van der Waals surface area contributed by atoms with Crippen LogP contribution >= 0.6 is 11.3 Å². The van der Waals surface area contributed by atoms with Crippen molar-refractivity contribution in [2.45, 2.75) is 38.6 Å². The zero-order chi connectivity index (χ0) is 18.5. The van der Waals surface area contributed by atoms with Crippen LogP contribution in [0.2, 0.25) is 0 Å². The number of aromatic nitrogens is 3. The van der Waals surface area contributed by atoms with Gasteiger partial charge in [-0.2, -0.15) is 5.10 Å². The first-order valence-electron chi connectivity index (χ1n) is 8.79. The lowest BCUT2D eigenvalue weighted by atomic mass is 9.98. The zero-order valence-electron chi connectivity index (χ0n) is 15.5. The Balaban J connectivity index is 1.53. The number of fused-ring (bicyclic) bond motifs is 1. The van der Waals surface area contributed by atoms with Crippen molar-refractivity contribution in [3.8, 4) is 0 Å². The minimum atomic E-state index is -0.206. The Morgan fingerprint density at radius 1 is 1.31 bits per heavy atom. The van der Waals surface area contributed by atoms with E-state index in [0.717, 1.165) is 33.0 Å². The Morgan fingerprint density at radius 3 is 2.81 bits per heavy atom. The summed E-state index contributed by atoms with van der Waals surface area (Å²) in [5.41, 5.74) is 2.88. The molecule has 1 fully saturated rings. The van der Waals surface area contributed by atoms with Crippen LogP contribution < -0.4 is 10.2 Å². The van der Waals surface area contributed by atoms with Crippen molar-refractivity contribution in [2.75, 3.05) is 16.8 Å². The third-order valence-electron chi connectivity index (χ3n) is 4.58. The van der Waals surface area contributed by atoms with E-state index in [9.17, 15) is 4.79 Å². The van der Waals surface area contributed by atoms with Crippen LogP contribution in [0.1, 0.15) is 32.2 Å². The average molecular weight is 369 g/mol. The van der Waals surface area contributed by atoms with Gasteiger partial charge >= 0.3 is 0 Å². The molecule has 1 aliphatic heterocycles. The highest BCUT2D eigenvalue weighted by molar-refractivity contribution is 7.18. The van der Waals surface area contributed by atoms with Crippen molar-refractivity contribution >= 4 is 38.8 Å². The van der Waals surface area contributed by atoms with Crippen LogP contribution in [0.4, 0.5) is 11.4 Å². The highest BCUT2D eigenvalue weighted by Crippen LogP contribution is 2.33. The molecule has 7 heteroatoms. The van der Waals surface area contributed by atoms with Crippen LogP contribution in [0, 0.1) is 0 Å². The second-order valence-corrected chi connectivity index (χ2v) is 8.83. The van der Waals surface area contributed by atoms with E-state index in [1.807, 2.05) is 25.4 Å². The number of anilines is 2. The molecule has 1 aliphatic rings. The van der Waals surface area contributed by atoms with Crippen molar-refractivity contribution in [1.29, 1.82) is 0 Å². The fraction of sp³-hybridized carbons (Fsp3) is 0.421. The van der Waals surface area contributed by atoms with Crippen molar-refractivity contribution in [1.82, 2.24) is 14.8 Å². The second-order valence-electron chi connectivity index (χ2n) is 7.80. The normalized spacial score (nSPS) is 18.1. The summed E-state index contributed by atoms with van der Waals surface area (Å²) in [5, 5.41) is 8.68. The van der Waals surface area contributed by atoms with Gasteiger partial charge in [0.25, 0.3) is 0 Å². The first-order valence-corrected chi connectivity index (χ1v) is 9.60. The Bertz CT molecular complexity index is 968. The first-order chi connectivity index (χ1) is 12.3. The summed E-state index contributed by atoms with van der Waals surface area (Å²) in [6.45, 7) is 7.23. The van der Waals surface area contributed by atoms with Crippen LogP contribution in [0.25, 0.3) is 10.2 Å². The number of rotatable bonds is 3. The fourth-order valence-corrected chi connectivity index (χ4v) is 4.22. The van der Waals surface area contributed by atoms with Crippen LogP contribution in [0.5, 0.6) is 0 Å². The summed E-state index contributed by atoms with van der Waals surface area (Å²) in [4.78, 5) is 19.3. The molecule has 3 heterocycles. The summed E-state index contributed by atoms with van der Waals surface area (Å²) in [6.07, 6.45) is 4.39. The molecule has 1 amide bonds. The summed E-state index contributed by atoms with van der Waals surface area (Å²) in [7, 11) is 1.86. The number of nitrogens with one attached hydrogen (secondary N) is 1. The molecule has 3 aromatic rings. The van der Waals surface area contributed by atoms with Crippen molar-refractivity contribution in [2.24, 2.45) is 7.05 Å². The summed E-state index contributed by atoms with van der Waals surface area (Å²) in [6, 6.07) is 5.93. The van der Waals surface area contributed by atoms with Gasteiger partial charge in [0.15, 0.2) is 0 Å². The second kappa shape index (κ2) is 6.09. The third-order valence-corrected chi connectivity index (χ3v) is 6.02. The predicted molar refractivity (Wildman–Crippen MR) is 106 cm³/mol. The van der Waals surface area contributed by atoms with Gasteiger partial charge < -0.3 is 10.2 Å². The molecule has 0 bridgehead atoms. The van der Waals surface area contributed by atoms with E-state index in [2.05, 4.69) is 37.3 Å². The number of carbonyl (C=O) groups is 1. The van der Waals surface area contributed by atoms with E-state index in [4.69, 9.17) is 4.98 Å². The molecule has 1 aromatic carbocycles. The Kier molecular flexibility index (Phi) is 3.99. The molecule has 1 atom stereocenters. The Morgan fingerprint density at radius 2 is 2.12 bits per heavy atom. The lowest BCUT2D eigenvalue weighted by molar-refractivity contribution is -0.117. The van der Waals surface area contributed by atoms with Gasteiger partial charge in [-0.3, -0.25) is 9.48 Å². The SMILES string of the molecule is Cn1cc(N2CCC(Nc3ccc4nc(C(C)(C)C)sc4c3)C2=O)cn1. The molecule has 136 valence electrons. The number of hydrogen-bond donors (Lipinski definition) is 1. The number of carbonyl (C=O) groups excluding carboxylic acids is 1. The molecular weight excluding hydrogens is 346 g/mol. The Labute approximate surface area is 156 Å². The maximum absolute atomic E-state index is 12.7. The molecule has 1 saturated heterocycles. The van der Waals surface area contributed by atoms with Crippen LogP contribution in [0.15, 0.2) is 30.6 Å². The highest BCUT2D eigenvalue weighted by atomic mass is 32.1. The van der Waals surface area contributed by atoms with Gasteiger partial charge in [0.05, 0.1) is 27.1 Å². The van der Waals surface area contributed by atoms with Crippen LogP contribution in [-0.4, -0.2) is 33.3 Å². The van der Waals surface area contributed by atoms with Gasteiger partial charge in [0.1, 0.15) is 6.04 Å². The summed E-state index contributed by atoms with van der Waals surface area (Å²) < 4.78 is 2.86. The van der Waals surface area contributed by atoms with Crippen LogP contribution in [-0.2, 0) is 17.3 Å². The zero-order valence-corrected chi connectivity index (χ0v) is 16.3. The molecule has 0 radical (unpaired) electrons. The number of amides is 1. The molecule has 26 heavy (non-hydrogen) atoms. The predicted octanol–water partition coefficient (Wildman–Crippen LogP) is 3.54. The van der Waals surface area contributed by atoms with Crippen LogP contribution in [0.3, 0.4) is 0 Å². The largest absolute Gasteiger partial charge is 0.374 e. The molecular formula is C19H23N5OS. The number of thiazole rings is 1. The van der Waals surface area contributed by atoms with E-state index in [0.29, 0.717) is 6.54 Å². The summed E-state index contributed by atoms with van der Waals surface area (Å²) in [5.74, 6) is 0.0952. The quantitative estimate of drug-likeness (QED) is 0.767. The molecule has 0 saturated carbocycles. The van der Waals surface area contributed by atoms with Crippen molar-refractivity contribution in [3.63, 3.8) is 0 Å². The van der Waals surface area contributed by atoms with Crippen molar-refractivity contribution in [3.05, 3.63) is 35.6 Å². The molecule has 1 N–H and O–H groups in total. The van der Waals surface area contributed by atoms with E-state index in [-0.39, 0.29) is 17.4 Å². The van der Waals surface area contributed by atoms with E-state index in [1.165, 1.54) is 0 Å². The van der Waals surface area contributed by atoms with Gasteiger partial charge in [-0.05, 0) is 24.6 Å². The molecule has 4 rings (SSSR count). The molecule has 0 aliphatic carbocycles. The third kappa shape index (κ3) is 3.07. The number of aryl methyl sites for hydroxylation is 1. The minimum absolute atomic E-state index is 0.0446. The highest BCUT2D eigenvalue weighted by Gasteiger charge is 2.33. The Hall–Kier alpha value is -2.41. The summed E-state index contributed by atoms with van der Waals surface area (Å²) >= 11 is 1.72. The van der Waals surface area contributed by atoms with E-state index in [1.54, 1.807) is 27.1 Å². The molecule has 2 aromatic heterocycles. The van der Waals surface area contributed by atoms with Crippen molar-refractivity contribution < 1.29 is 4.79 Å². The standard InChI is InChI=1S/C19H23N5OS/c1-19(2,3)18-22-14-6-5-12(9-16(14)26-18)21-15-7-8-24(17(15)25)13-10-20-23(4)11-13/h5-6,9-11,15,21H,7-8H2,1-4H3. The molecule has 1 unspecified atom stereocenters. The van der Waals surface area contributed by atoms with E-state index < -0.39 is 0 Å². The van der Waals surface area contributed by atoms with Gasteiger partial charge in [0.2, 0.25) is 5.91 Å². The monoisotopic (exact) mass is 369 g/mol. The average Bonchev–Trinajstić information content (AvgIpc) is 3.26.